The SMILES string of the molecule is CC(C)C(CNC(=O)c1cc(O)ccc1[N+](=O)[O-])C(C)C. The van der Waals surface area contributed by atoms with Crippen LogP contribution >= 0.6 is 0 Å². The normalized spacial score (nSPS) is 11.2. The van der Waals surface area contributed by atoms with E-state index in [0.717, 1.165) is 12.1 Å². The number of amides is 1. The highest BCUT2D eigenvalue weighted by molar-refractivity contribution is 5.98. The molecule has 0 aromatic heterocycles. The highest BCUT2D eigenvalue weighted by Crippen LogP contribution is 2.24. The van der Waals surface area contributed by atoms with Crippen LogP contribution in [0.5, 0.6) is 5.75 Å². The lowest BCUT2D eigenvalue weighted by Gasteiger charge is -2.25. The summed E-state index contributed by atoms with van der Waals surface area (Å²) >= 11 is 0. The van der Waals surface area contributed by atoms with Crippen molar-refractivity contribution in [2.45, 2.75) is 27.7 Å². The molecule has 116 valence electrons. The molecule has 1 aromatic rings. The number of nitro groups is 1. The van der Waals surface area contributed by atoms with Crippen LogP contribution in [0, 0.1) is 27.9 Å². The van der Waals surface area contributed by atoms with Gasteiger partial charge in [0.2, 0.25) is 0 Å². The van der Waals surface area contributed by atoms with Crippen molar-refractivity contribution in [2.75, 3.05) is 6.54 Å². The third kappa shape index (κ3) is 4.44. The van der Waals surface area contributed by atoms with Gasteiger partial charge < -0.3 is 10.4 Å². The largest absolute Gasteiger partial charge is 0.508 e. The zero-order valence-electron chi connectivity index (χ0n) is 12.8. The molecule has 0 spiro atoms. The molecule has 0 aliphatic rings. The Morgan fingerprint density at radius 1 is 1.29 bits per heavy atom. The summed E-state index contributed by atoms with van der Waals surface area (Å²) in [5.41, 5.74) is -0.429. The Kier molecular flexibility index (Phi) is 5.69. The first-order valence-electron chi connectivity index (χ1n) is 6.99. The minimum absolute atomic E-state index is 0.119. The number of phenols is 1. The molecule has 1 rings (SSSR count). The zero-order valence-corrected chi connectivity index (χ0v) is 12.8. The first kappa shape index (κ1) is 16.9. The Morgan fingerprint density at radius 3 is 2.33 bits per heavy atom. The molecule has 0 unspecified atom stereocenters. The fourth-order valence-corrected chi connectivity index (χ4v) is 2.41. The first-order valence-corrected chi connectivity index (χ1v) is 6.99. The van der Waals surface area contributed by atoms with Crippen LogP contribution in [0.25, 0.3) is 0 Å². The summed E-state index contributed by atoms with van der Waals surface area (Å²) in [4.78, 5) is 22.5. The standard InChI is InChI=1S/C15H22N2O4/c1-9(2)13(10(3)4)8-16-15(19)12-7-11(18)5-6-14(12)17(20)21/h5-7,9-10,13,18H,8H2,1-4H3,(H,16,19). The van der Waals surface area contributed by atoms with Crippen LogP contribution in [0.1, 0.15) is 38.1 Å². The Balaban J connectivity index is 2.89. The molecule has 0 atom stereocenters. The summed E-state index contributed by atoms with van der Waals surface area (Å²) in [6, 6.07) is 3.44. The van der Waals surface area contributed by atoms with Gasteiger partial charge in [-0.15, -0.1) is 0 Å². The third-order valence-electron chi connectivity index (χ3n) is 3.63. The summed E-state index contributed by atoms with van der Waals surface area (Å²) in [5.74, 6) is 0.359. The first-order chi connectivity index (χ1) is 9.73. The van der Waals surface area contributed by atoms with Crippen LogP contribution in [0.2, 0.25) is 0 Å². The molecular formula is C15H22N2O4. The topological polar surface area (TPSA) is 92.5 Å². The number of aromatic hydroxyl groups is 1. The van der Waals surface area contributed by atoms with Crippen LogP contribution in [0.3, 0.4) is 0 Å². The fourth-order valence-electron chi connectivity index (χ4n) is 2.41. The zero-order chi connectivity index (χ0) is 16.2. The average Bonchev–Trinajstić information content (AvgIpc) is 2.37. The summed E-state index contributed by atoms with van der Waals surface area (Å²) in [7, 11) is 0. The molecule has 0 aliphatic carbocycles. The number of rotatable bonds is 6. The van der Waals surface area contributed by atoms with Gasteiger partial charge in [0.15, 0.2) is 0 Å². The lowest BCUT2D eigenvalue weighted by atomic mass is 9.85. The van der Waals surface area contributed by atoms with Gasteiger partial charge in [0.05, 0.1) is 4.92 Å². The van der Waals surface area contributed by atoms with Gasteiger partial charge in [-0.25, -0.2) is 0 Å². The predicted molar refractivity (Wildman–Crippen MR) is 80.3 cm³/mol. The summed E-state index contributed by atoms with van der Waals surface area (Å²) in [6.07, 6.45) is 0. The predicted octanol–water partition coefficient (Wildman–Crippen LogP) is 2.96. The van der Waals surface area contributed by atoms with Gasteiger partial charge in [0, 0.05) is 12.6 Å². The summed E-state index contributed by atoms with van der Waals surface area (Å²) in [6.45, 7) is 8.75. The molecule has 0 saturated carbocycles. The number of benzene rings is 1. The van der Waals surface area contributed by atoms with E-state index in [1.54, 1.807) is 0 Å². The molecule has 6 heteroatoms. The van der Waals surface area contributed by atoms with Crippen molar-refractivity contribution in [3.8, 4) is 5.75 Å². The van der Waals surface area contributed by atoms with Crippen molar-refractivity contribution in [1.82, 2.24) is 5.32 Å². The van der Waals surface area contributed by atoms with Gasteiger partial charge in [0.1, 0.15) is 11.3 Å². The van der Waals surface area contributed by atoms with Gasteiger partial charge >= 0.3 is 0 Å². The molecule has 6 nitrogen and oxygen atoms in total. The van der Waals surface area contributed by atoms with Gasteiger partial charge in [0.25, 0.3) is 11.6 Å². The number of carbonyl (C=O) groups is 1. The second kappa shape index (κ2) is 7.06. The Hall–Kier alpha value is -2.11. The van der Waals surface area contributed by atoms with Crippen LogP contribution in [-0.4, -0.2) is 22.5 Å². The molecule has 0 saturated heterocycles. The van der Waals surface area contributed by atoms with E-state index in [9.17, 15) is 20.0 Å². The van der Waals surface area contributed by atoms with E-state index in [2.05, 4.69) is 33.0 Å². The molecule has 0 radical (unpaired) electrons. The minimum atomic E-state index is -0.628. The molecule has 2 N–H and O–H groups in total. The molecule has 0 aliphatic heterocycles. The van der Waals surface area contributed by atoms with Crippen LogP contribution in [0.15, 0.2) is 18.2 Å². The van der Waals surface area contributed by atoms with E-state index in [4.69, 9.17) is 0 Å². The van der Waals surface area contributed by atoms with E-state index in [0.29, 0.717) is 18.4 Å². The molecule has 1 aromatic carbocycles. The second-order valence-corrected chi connectivity index (χ2v) is 5.82. The van der Waals surface area contributed by atoms with Crippen LogP contribution < -0.4 is 5.32 Å². The van der Waals surface area contributed by atoms with Gasteiger partial charge in [-0.3, -0.25) is 14.9 Å². The lowest BCUT2D eigenvalue weighted by molar-refractivity contribution is -0.385. The maximum atomic E-state index is 12.1. The number of nitrogens with zero attached hydrogens (tertiary/aromatic N) is 1. The molecular weight excluding hydrogens is 272 g/mol. The summed E-state index contributed by atoms with van der Waals surface area (Å²) in [5, 5.41) is 23.1. The average molecular weight is 294 g/mol. The fraction of sp³-hybridized carbons (Fsp3) is 0.533. The Morgan fingerprint density at radius 2 is 1.86 bits per heavy atom. The van der Waals surface area contributed by atoms with Crippen molar-refractivity contribution < 1.29 is 14.8 Å². The van der Waals surface area contributed by atoms with Crippen molar-refractivity contribution in [3.05, 3.63) is 33.9 Å². The van der Waals surface area contributed by atoms with Crippen molar-refractivity contribution in [1.29, 1.82) is 0 Å². The minimum Gasteiger partial charge on any atom is -0.508 e. The van der Waals surface area contributed by atoms with E-state index in [1.165, 1.54) is 6.07 Å². The molecule has 0 fully saturated rings. The molecule has 0 heterocycles. The quantitative estimate of drug-likeness (QED) is 0.623. The molecule has 21 heavy (non-hydrogen) atoms. The smallest absolute Gasteiger partial charge is 0.282 e. The number of hydrogen-bond donors (Lipinski definition) is 2. The van der Waals surface area contributed by atoms with Gasteiger partial charge in [-0.1, -0.05) is 27.7 Å². The van der Waals surface area contributed by atoms with Crippen molar-refractivity contribution in [2.24, 2.45) is 17.8 Å². The van der Waals surface area contributed by atoms with Gasteiger partial charge in [-0.2, -0.15) is 0 Å². The maximum Gasteiger partial charge on any atom is 0.282 e. The maximum absolute atomic E-state index is 12.1. The Labute approximate surface area is 124 Å². The third-order valence-corrected chi connectivity index (χ3v) is 3.63. The van der Waals surface area contributed by atoms with E-state index < -0.39 is 10.8 Å². The lowest BCUT2D eigenvalue weighted by Crippen LogP contribution is -2.34. The van der Waals surface area contributed by atoms with Gasteiger partial charge in [-0.05, 0) is 29.9 Å². The van der Waals surface area contributed by atoms with E-state index in [1.807, 2.05) is 0 Å². The number of hydrogen-bond acceptors (Lipinski definition) is 4. The number of phenolic OH excluding ortho intramolecular Hbond substituents is 1. The van der Waals surface area contributed by atoms with Crippen LogP contribution in [-0.2, 0) is 0 Å². The number of nitro benzene ring substituents is 1. The van der Waals surface area contributed by atoms with E-state index in [-0.39, 0.29) is 22.9 Å². The summed E-state index contributed by atoms with van der Waals surface area (Å²) < 4.78 is 0. The highest BCUT2D eigenvalue weighted by atomic mass is 16.6. The van der Waals surface area contributed by atoms with Crippen LogP contribution in [0.4, 0.5) is 5.69 Å². The second-order valence-electron chi connectivity index (χ2n) is 5.82. The molecule has 1 amide bonds. The Bertz CT molecular complexity index is 518. The monoisotopic (exact) mass is 294 g/mol. The number of carbonyl (C=O) groups excluding carboxylic acids is 1. The molecule has 0 bridgehead atoms. The van der Waals surface area contributed by atoms with E-state index >= 15 is 0 Å². The van der Waals surface area contributed by atoms with Crippen molar-refractivity contribution in [3.63, 3.8) is 0 Å². The highest BCUT2D eigenvalue weighted by Gasteiger charge is 2.23. The van der Waals surface area contributed by atoms with Crippen molar-refractivity contribution >= 4 is 11.6 Å². The number of nitrogens with one attached hydrogen (secondary N) is 1.